The van der Waals surface area contributed by atoms with Crippen molar-refractivity contribution in [2.75, 3.05) is 14.2 Å². The molecule has 1 aliphatic rings. The average molecular weight is 432 g/mol. The molecule has 0 radical (unpaired) electrons. The second-order valence-electron chi connectivity index (χ2n) is 6.09. The van der Waals surface area contributed by atoms with E-state index < -0.39 is 28.1 Å². The predicted octanol–water partition coefficient (Wildman–Crippen LogP) is 3.46. The number of amides is 2. The number of carbonyl (C=O) groups is 3. The van der Waals surface area contributed by atoms with Gasteiger partial charge in [-0.3, -0.25) is 24.6 Å². The Hall–Kier alpha value is -3.60. The number of thioether (sulfide) groups is 1. The zero-order valence-electron chi connectivity index (χ0n) is 16.1. The van der Waals surface area contributed by atoms with Crippen molar-refractivity contribution in [3.05, 3.63) is 51.1 Å². The van der Waals surface area contributed by atoms with Crippen LogP contribution in [0.4, 0.5) is 10.5 Å². The third-order valence-electron chi connectivity index (χ3n) is 4.31. The summed E-state index contributed by atoms with van der Waals surface area (Å²) in [5.41, 5.74) is 0.223. The van der Waals surface area contributed by atoms with Gasteiger partial charge in [0, 0.05) is 18.2 Å². The summed E-state index contributed by atoms with van der Waals surface area (Å²) in [4.78, 5) is 47.8. The van der Waals surface area contributed by atoms with E-state index in [1.165, 1.54) is 45.4 Å². The number of hydrogen-bond donors (Lipinski definition) is 0. The van der Waals surface area contributed by atoms with Crippen molar-refractivity contribution in [2.24, 2.45) is 0 Å². The molecule has 0 saturated carbocycles. The molecule has 0 unspecified atom stereocenters. The Balaban J connectivity index is 1.91. The number of furan rings is 1. The van der Waals surface area contributed by atoms with Gasteiger partial charge in [-0.25, -0.2) is 4.79 Å². The summed E-state index contributed by atoms with van der Waals surface area (Å²) in [5, 5.41) is 10.5. The van der Waals surface area contributed by atoms with Crippen LogP contribution in [0.1, 0.15) is 12.7 Å². The summed E-state index contributed by atoms with van der Waals surface area (Å²) in [6.07, 6.45) is 1.36. The number of nitro benzene ring substituents is 1. The van der Waals surface area contributed by atoms with Crippen LogP contribution in [0.25, 0.3) is 17.4 Å². The third kappa shape index (κ3) is 3.92. The van der Waals surface area contributed by atoms with Crippen molar-refractivity contribution in [1.82, 2.24) is 4.90 Å². The van der Waals surface area contributed by atoms with Gasteiger partial charge < -0.3 is 13.9 Å². The van der Waals surface area contributed by atoms with Crippen molar-refractivity contribution in [1.29, 1.82) is 0 Å². The first-order valence-corrected chi connectivity index (χ1v) is 9.36. The zero-order valence-corrected chi connectivity index (χ0v) is 16.9. The molecule has 0 spiro atoms. The molecule has 3 rings (SSSR count). The van der Waals surface area contributed by atoms with Crippen LogP contribution in [0.5, 0.6) is 5.75 Å². The van der Waals surface area contributed by atoms with Gasteiger partial charge >= 0.3 is 5.97 Å². The first-order chi connectivity index (χ1) is 14.3. The predicted molar refractivity (Wildman–Crippen MR) is 107 cm³/mol. The normalized spacial score (nSPS) is 16.1. The standard InChI is InChI=1S/C19H16N2O8S/c1-10(18(23)28-3)20-17(22)16(30-19(20)24)9-12-5-7-15(29-12)13-8-11(21(25)26)4-6-14(13)27-2/h4-10H,1-3H3/b16-9+/t10-/m1/s1. The minimum absolute atomic E-state index is 0.0719. The van der Waals surface area contributed by atoms with E-state index in [4.69, 9.17) is 9.15 Å². The summed E-state index contributed by atoms with van der Waals surface area (Å²) in [6.45, 7) is 1.39. The highest BCUT2D eigenvalue weighted by atomic mass is 32.2. The quantitative estimate of drug-likeness (QED) is 0.291. The average Bonchev–Trinajstić information content (AvgIpc) is 3.30. The molecule has 1 aliphatic heterocycles. The van der Waals surface area contributed by atoms with Gasteiger partial charge in [-0.15, -0.1) is 0 Å². The summed E-state index contributed by atoms with van der Waals surface area (Å²) < 4.78 is 15.5. The highest BCUT2D eigenvalue weighted by molar-refractivity contribution is 8.18. The van der Waals surface area contributed by atoms with Crippen LogP contribution in [0.15, 0.2) is 39.7 Å². The van der Waals surface area contributed by atoms with E-state index in [9.17, 15) is 24.5 Å². The number of non-ortho nitro benzene ring substituents is 1. The van der Waals surface area contributed by atoms with Gasteiger partial charge in [-0.05, 0) is 36.9 Å². The molecule has 2 aromatic rings. The van der Waals surface area contributed by atoms with Gasteiger partial charge in [0.05, 0.1) is 29.6 Å². The number of imide groups is 1. The van der Waals surface area contributed by atoms with Crippen LogP contribution in [-0.2, 0) is 14.3 Å². The van der Waals surface area contributed by atoms with Gasteiger partial charge in [0.15, 0.2) is 0 Å². The van der Waals surface area contributed by atoms with Crippen LogP contribution in [-0.4, -0.2) is 47.2 Å². The van der Waals surface area contributed by atoms with E-state index in [0.29, 0.717) is 23.1 Å². The van der Waals surface area contributed by atoms with Crippen molar-refractivity contribution in [2.45, 2.75) is 13.0 Å². The topological polar surface area (TPSA) is 129 Å². The maximum Gasteiger partial charge on any atom is 0.328 e. The van der Waals surface area contributed by atoms with Crippen molar-refractivity contribution in [3.8, 4) is 17.1 Å². The Morgan fingerprint density at radius 3 is 2.63 bits per heavy atom. The molecule has 1 atom stereocenters. The first kappa shape index (κ1) is 21.1. The molecule has 10 nitrogen and oxygen atoms in total. The fourth-order valence-corrected chi connectivity index (χ4v) is 3.68. The molecule has 156 valence electrons. The summed E-state index contributed by atoms with van der Waals surface area (Å²) in [6, 6.07) is 6.13. The lowest BCUT2D eigenvalue weighted by Gasteiger charge is -2.18. The molecule has 11 heteroatoms. The highest BCUT2D eigenvalue weighted by Crippen LogP contribution is 2.37. The second kappa shape index (κ2) is 8.41. The van der Waals surface area contributed by atoms with Crippen LogP contribution in [0.3, 0.4) is 0 Å². The Morgan fingerprint density at radius 2 is 2.00 bits per heavy atom. The number of ether oxygens (including phenoxy) is 2. The van der Waals surface area contributed by atoms with Crippen LogP contribution < -0.4 is 4.74 Å². The summed E-state index contributed by atoms with van der Waals surface area (Å²) >= 11 is 0.669. The molecule has 1 saturated heterocycles. The minimum atomic E-state index is -1.06. The maximum absolute atomic E-state index is 12.6. The maximum atomic E-state index is 12.6. The zero-order chi connectivity index (χ0) is 22.0. The molecule has 0 aliphatic carbocycles. The third-order valence-corrected chi connectivity index (χ3v) is 5.20. The summed E-state index contributed by atoms with van der Waals surface area (Å²) in [5.74, 6) is -0.460. The van der Waals surface area contributed by atoms with E-state index in [-0.39, 0.29) is 22.1 Å². The first-order valence-electron chi connectivity index (χ1n) is 8.54. The number of nitro groups is 1. The Morgan fingerprint density at radius 1 is 1.27 bits per heavy atom. The lowest BCUT2D eigenvalue weighted by Crippen LogP contribution is -2.42. The highest BCUT2D eigenvalue weighted by Gasteiger charge is 2.41. The SMILES string of the molecule is COC(=O)[C@@H](C)N1C(=O)S/C(=C/c2ccc(-c3cc([N+](=O)[O-])ccc3OC)o2)C1=O. The van der Waals surface area contributed by atoms with E-state index in [2.05, 4.69) is 4.74 Å². The molecule has 1 aromatic heterocycles. The van der Waals surface area contributed by atoms with Gasteiger partial charge in [-0.2, -0.15) is 0 Å². The van der Waals surface area contributed by atoms with E-state index in [1.807, 2.05) is 0 Å². The number of hydrogen-bond acceptors (Lipinski definition) is 9. The molecule has 0 bridgehead atoms. The molecule has 2 amide bonds. The fourth-order valence-electron chi connectivity index (χ4n) is 2.80. The lowest BCUT2D eigenvalue weighted by molar-refractivity contribution is -0.384. The van der Waals surface area contributed by atoms with Crippen LogP contribution >= 0.6 is 11.8 Å². The number of nitrogens with zero attached hydrogens (tertiary/aromatic N) is 2. The summed E-state index contributed by atoms with van der Waals surface area (Å²) in [7, 11) is 2.59. The lowest BCUT2D eigenvalue weighted by atomic mass is 10.1. The molecule has 2 heterocycles. The molecule has 30 heavy (non-hydrogen) atoms. The molecule has 0 N–H and O–H groups in total. The minimum Gasteiger partial charge on any atom is -0.496 e. The Labute approximate surface area is 174 Å². The van der Waals surface area contributed by atoms with Crippen LogP contribution in [0, 0.1) is 10.1 Å². The van der Waals surface area contributed by atoms with Crippen LogP contribution in [0.2, 0.25) is 0 Å². The van der Waals surface area contributed by atoms with Crippen molar-refractivity contribution >= 4 is 40.6 Å². The smallest absolute Gasteiger partial charge is 0.328 e. The molecule has 1 fully saturated rings. The molecular formula is C19H16N2O8S. The Kier molecular flexibility index (Phi) is 5.92. The van der Waals surface area contributed by atoms with Crippen molar-refractivity contribution in [3.63, 3.8) is 0 Å². The fraction of sp³-hybridized carbons (Fsp3) is 0.211. The van der Waals surface area contributed by atoms with Crippen molar-refractivity contribution < 1.29 is 33.2 Å². The monoisotopic (exact) mass is 432 g/mol. The van der Waals surface area contributed by atoms with E-state index in [0.717, 1.165) is 4.90 Å². The van der Waals surface area contributed by atoms with Gasteiger partial charge in [0.1, 0.15) is 23.3 Å². The van der Waals surface area contributed by atoms with Gasteiger partial charge in [0.25, 0.3) is 16.8 Å². The van der Waals surface area contributed by atoms with E-state index in [1.54, 1.807) is 12.1 Å². The number of methoxy groups -OCH3 is 2. The second-order valence-corrected chi connectivity index (χ2v) is 7.09. The number of benzene rings is 1. The molecule has 1 aromatic carbocycles. The van der Waals surface area contributed by atoms with E-state index >= 15 is 0 Å². The number of rotatable bonds is 6. The number of esters is 1. The van der Waals surface area contributed by atoms with Gasteiger partial charge in [0.2, 0.25) is 0 Å². The largest absolute Gasteiger partial charge is 0.496 e. The number of carbonyl (C=O) groups excluding carboxylic acids is 3. The Bertz CT molecular complexity index is 1070. The molecular weight excluding hydrogens is 416 g/mol. The van der Waals surface area contributed by atoms with Gasteiger partial charge in [-0.1, -0.05) is 0 Å².